The van der Waals surface area contributed by atoms with Gasteiger partial charge in [0.25, 0.3) is 0 Å². The highest BCUT2D eigenvalue weighted by atomic mass is 16.5. The van der Waals surface area contributed by atoms with Crippen molar-refractivity contribution in [1.29, 1.82) is 0 Å². The molecule has 0 unspecified atom stereocenters. The average Bonchev–Trinajstić information content (AvgIpc) is 3.71. The summed E-state index contributed by atoms with van der Waals surface area (Å²) < 4.78 is 13.7. The molecule has 0 fully saturated rings. The molecule has 290 valence electrons. The van der Waals surface area contributed by atoms with Crippen molar-refractivity contribution in [1.82, 2.24) is 19.9 Å². The molecule has 1 aliphatic heterocycles. The molecule has 0 atom stereocenters. The first-order valence-electron chi connectivity index (χ1n) is 20.6. The predicted octanol–water partition coefficient (Wildman–Crippen LogP) is 14.6. The lowest BCUT2D eigenvalue weighted by atomic mass is 9.85. The van der Waals surface area contributed by atoms with E-state index >= 15 is 0 Å². The lowest BCUT2D eigenvalue weighted by Gasteiger charge is -2.18. The molecule has 0 saturated carbocycles. The Labute approximate surface area is 357 Å². The molecule has 6 heteroatoms. The monoisotopic (exact) mass is 794 g/mol. The summed E-state index contributed by atoms with van der Waals surface area (Å²) >= 11 is 0. The third kappa shape index (κ3) is 6.13. The van der Waals surface area contributed by atoms with Gasteiger partial charge in [0.05, 0.1) is 11.4 Å². The van der Waals surface area contributed by atoms with Crippen LogP contribution in [0.1, 0.15) is 0 Å². The number of aromatic nitrogens is 4. The molecule has 62 heavy (non-hydrogen) atoms. The standard InChI is InChI=1S/C56H34N4O2/c1-3-15-35(16-4-1)55-57-33-38(34-58-55)50-32-49(59-56(60-50)36-17-5-2-6-18-36)37-27-28-43-41-21-8-7-19-39(41)40-20-9-10-22-42(40)44-23-11-13-25-51(44)61-54-30-47-45-24-12-14-26-52(45)62-53(47)31-48(54)46(43)29-37/h1-34H. The second kappa shape index (κ2) is 14.7. The number of rotatable bonds is 4. The smallest absolute Gasteiger partial charge is 0.160 e. The summed E-state index contributed by atoms with van der Waals surface area (Å²) in [4.78, 5) is 19.8. The van der Waals surface area contributed by atoms with Gasteiger partial charge in [-0.3, -0.25) is 0 Å². The maximum atomic E-state index is 7.17. The van der Waals surface area contributed by atoms with Gasteiger partial charge in [0.15, 0.2) is 11.6 Å². The Hall–Kier alpha value is -8.48. The predicted molar refractivity (Wildman–Crippen MR) is 248 cm³/mol. The van der Waals surface area contributed by atoms with Crippen LogP contribution in [0, 0.1) is 0 Å². The number of furan rings is 1. The highest BCUT2D eigenvalue weighted by Gasteiger charge is 2.24. The quantitative estimate of drug-likeness (QED) is 0.177. The fourth-order valence-corrected chi connectivity index (χ4v) is 8.67. The maximum absolute atomic E-state index is 7.17. The molecule has 8 aromatic carbocycles. The van der Waals surface area contributed by atoms with Crippen LogP contribution in [0.2, 0.25) is 0 Å². The van der Waals surface area contributed by atoms with Gasteiger partial charge < -0.3 is 9.15 Å². The summed E-state index contributed by atoms with van der Waals surface area (Å²) in [7, 11) is 0. The van der Waals surface area contributed by atoms with Crippen LogP contribution in [0.5, 0.6) is 11.5 Å². The molecular weight excluding hydrogens is 761 g/mol. The molecule has 0 bridgehead atoms. The van der Waals surface area contributed by atoms with E-state index in [2.05, 4.69) is 103 Å². The van der Waals surface area contributed by atoms with Crippen LogP contribution < -0.4 is 4.74 Å². The van der Waals surface area contributed by atoms with Crippen LogP contribution in [0.4, 0.5) is 0 Å². The van der Waals surface area contributed by atoms with E-state index in [-0.39, 0.29) is 0 Å². The van der Waals surface area contributed by atoms with E-state index < -0.39 is 0 Å². The minimum atomic E-state index is 0.605. The molecule has 11 aromatic rings. The van der Waals surface area contributed by atoms with Crippen molar-refractivity contribution in [2.45, 2.75) is 0 Å². The molecule has 3 aromatic heterocycles. The molecule has 0 saturated heterocycles. The van der Waals surface area contributed by atoms with Gasteiger partial charge in [0, 0.05) is 56.5 Å². The average molecular weight is 795 g/mol. The molecule has 4 heterocycles. The zero-order chi connectivity index (χ0) is 41.0. The lowest BCUT2D eigenvalue weighted by Crippen LogP contribution is -1.98. The highest BCUT2D eigenvalue weighted by molar-refractivity contribution is 6.08. The van der Waals surface area contributed by atoms with E-state index in [0.29, 0.717) is 11.6 Å². The largest absolute Gasteiger partial charge is 0.456 e. The number of ether oxygens (including phenoxy) is 1. The Morgan fingerprint density at radius 1 is 0.306 bits per heavy atom. The summed E-state index contributed by atoms with van der Waals surface area (Å²) in [6, 6.07) is 66.7. The van der Waals surface area contributed by atoms with E-state index in [1.807, 2.05) is 103 Å². The van der Waals surface area contributed by atoms with E-state index in [4.69, 9.17) is 29.1 Å². The minimum Gasteiger partial charge on any atom is -0.456 e. The number of para-hydroxylation sites is 2. The van der Waals surface area contributed by atoms with Crippen molar-refractivity contribution >= 4 is 21.9 Å². The Balaban J connectivity index is 1.12. The summed E-state index contributed by atoms with van der Waals surface area (Å²) in [6.07, 6.45) is 3.68. The van der Waals surface area contributed by atoms with E-state index in [0.717, 1.165) is 112 Å². The van der Waals surface area contributed by atoms with Crippen LogP contribution in [0.15, 0.2) is 211 Å². The molecule has 12 rings (SSSR count). The third-order valence-corrected chi connectivity index (χ3v) is 11.7. The number of hydrogen-bond donors (Lipinski definition) is 0. The summed E-state index contributed by atoms with van der Waals surface area (Å²) in [5, 5.41) is 2.02. The van der Waals surface area contributed by atoms with Crippen LogP contribution in [0.25, 0.3) is 112 Å². The van der Waals surface area contributed by atoms with Crippen molar-refractivity contribution < 1.29 is 9.15 Å². The second-order valence-electron chi connectivity index (χ2n) is 15.4. The Morgan fingerprint density at radius 3 is 1.55 bits per heavy atom. The number of nitrogens with zero attached hydrogens (tertiary/aromatic N) is 4. The fraction of sp³-hybridized carbons (Fsp3) is 0. The Kier molecular flexibility index (Phi) is 8.38. The van der Waals surface area contributed by atoms with Gasteiger partial charge in [-0.15, -0.1) is 0 Å². The van der Waals surface area contributed by atoms with Crippen molar-refractivity contribution in [2.75, 3.05) is 0 Å². The first-order valence-corrected chi connectivity index (χ1v) is 20.6. The Bertz CT molecular complexity index is 3490. The van der Waals surface area contributed by atoms with Crippen molar-refractivity contribution in [3.05, 3.63) is 207 Å². The van der Waals surface area contributed by atoms with Crippen LogP contribution in [-0.4, -0.2) is 19.9 Å². The molecule has 6 nitrogen and oxygen atoms in total. The zero-order valence-electron chi connectivity index (χ0n) is 33.2. The van der Waals surface area contributed by atoms with Crippen molar-refractivity contribution in [2.24, 2.45) is 0 Å². The van der Waals surface area contributed by atoms with Crippen LogP contribution >= 0.6 is 0 Å². The highest BCUT2D eigenvalue weighted by Crippen LogP contribution is 2.50. The summed E-state index contributed by atoms with van der Waals surface area (Å²) in [6.45, 7) is 0. The van der Waals surface area contributed by atoms with Crippen LogP contribution in [0.3, 0.4) is 0 Å². The second-order valence-corrected chi connectivity index (χ2v) is 15.4. The first-order chi connectivity index (χ1) is 30.7. The SMILES string of the molecule is c1ccc(-c2ncc(-c3cc(-c4ccc5c(c4)-c4cc6oc7ccccc7c6cc4Oc4ccccc4-c4ccccc4-c4ccccc4-5)nc(-c4ccccc4)n3)cn2)cc1. The number of benzene rings is 8. The zero-order valence-corrected chi connectivity index (χ0v) is 33.2. The third-order valence-electron chi connectivity index (χ3n) is 11.7. The normalized spacial score (nSPS) is 11.7. The van der Waals surface area contributed by atoms with E-state index in [9.17, 15) is 0 Å². The fourth-order valence-electron chi connectivity index (χ4n) is 8.67. The van der Waals surface area contributed by atoms with Crippen molar-refractivity contribution in [3.63, 3.8) is 0 Å². The molecule has 0 radical (unpaired) electrons. The van der Waals surface area contributed by atoms with Gasteiger partial charge in [-0.2, -0.15) is 0 Å². The van der Waals surface area contributed by atoms with Gasteiger partial charge in [0.1, 0.15) is 22.7 Å². The molecule has 0 spiro atoms. The summed E-state index contributed by atoms with van der Waals surface area (Å²) in [5.41, 5.74) is 15.0. The lowest BCUT2D eigenvalue weighted by molar-refractivity contribution is 0.487. The Morgan fingerprint density at radius 2 is 0.855 bits per heavy atom. The van der Waals surface area contributed by atoms with E-state index in [1.165, 1.54) is 0 Å². The molecule has 0 amide bonds. The maximum Gasteiger partial charge on any atom is 0.160 e. The van der Waals surface area contributed by atoms with Gasteiger partial charge in [-0.05, 0) is 69.8 Å². The molecule has 0 N–H and O–H groups in total. The minimum absolute atomic E-state index is 0.605. The molecule has 0 aliphatic carbocycles. The number of hydrogen-bond acceptors (Lipinski definition) is 6. The topological polar surface area (TPSA) is 73.9 Å². The number of fused-ring (bicyclic) bond motifs is 12. The summed E-state index contributed by atoms with van der Waals surface area (Å²) in [5.74, 6) is 2.74. The van der Waals surface area contributed by atoms with Gasteiger partial charge in [0.2, 0.25) is 0 Å². The molecule has 1 aliphatic rings. The first kappa shape index (κ1) is 35.5. The van der Waals surface area contributed by atoms with Crippen molar-refractivity contribution in [3.8, 4) is 101 Å². The molecular formula is C56H34N4O2. The van der Waals surface area contributed by atoms with Gasteiger partial charge >= 0.3 is 0 Å². The van der Waals surface area contributed by atoms with Gasteiger partial charge in [-0.1, -0.05) is 158 Å². The van der Waals surface area contributed by atoms with Crippen LogP contribution in [-0.2, 0) is 0 Å². The van der Waals surface area contributed by atoms with E-state index in [1.54, 1.807) is 0 Å². The van der Waals surface area contributed by atoms with Gasteiger partial charge in [-0.25, -0.2) is 19.9 Å².